The number of halogens is 2. The molecular formula is C13H15F2N3O2. The fourth-order valence-corrected chi connectivity index (χ4v) is 2.04. The Morgan fingerprint density at radius 1 is 1.30 bits per heavy atom. The van der Waals surface area contributed by atoms with Crippen LogP contribution in [0.25, 0.3) is 0 Å². The largest absolute Gasteiger partial charge is 0.433 e. The predicted octanol–water partition coefficient (Wildman–Crippen LogP) is 3.46. The molecular weight excluding hydrogens is 268 g/mol. The van der Waals surface area contributed by atoms with Gasteiger partial charge < -0.3 is 14.6 Å². The Labute approximate surface area is 114 Å². The van der Waals surface area contributed by atoms with E-state index in [4.69, 9.17) is 4.52 Å². The highest BCUT2D eigenvalue weighted by Gasteiger charge is 2.16. The summed E-state index contributed by atoms with van der Waals surface area (Å²) in [6.45, 7) is 2.78. The van der Waals surface area contributed by atoms with Crippen LogP contribution in [0.1, 0.15) is 30.0 Å². The average Bonchev–Trinajstić information content (AvgIpc) is 2.71. The van der Waals surface area contributed by atoms with E-state index in [1.54, 1.807) is 6.07 Å². The van der Waals surface area contributed by atoms with E-state index >= 15 is 0 Å². The smallest absolute Gasteiger partial charge is 0.387 e. The van der Waals surface area contributed by atoms with Crippen LogP contribution in [-0.4, -0.2) is 16.8 Å². The molecule has 0 fully saturated rings. The summed E-state index contributed by atoms with van der Waals surface area (Å²) in [5.74, 6) is 1.31. The average molecular weight is 283 g/mol. The van der Waals surface area contributed by atoms with E-state index < -0.39 is 6.61 Å². The number of nitrogens with zero attached hydrogens (tertiary/aromatic N) is 2. The molecule has 0 radical (unpaired) electrons. The molecule has 108 valence electrons. The molecule has 1 atom stereocenters. The number of anilines is 1. The Bertz CT molecular complexity index is 550. The summed E-state index contributed by atoms with van der Waals surface area (Å²) in [6.07, 6.45) is 1.24. The molecule has 2 aromatic rings. The SMILES string of the molecule is Cc1noc(C)c1[C@@H](C)Nc1ccc(OC(F)F)cn1. The molecule has 0 saturated carbocycles. The lowest BCUT2D eigenvalue weighted by Gasteiger charge is -2.14. The fraction of sp³-hybridized carbons (Fsp3) is 0.385. The van der Waals surface area contributed by atoms with E-state index in [0.29, 0.717) is 5.82 Å². The minimum atomic E-state index is -2.85. The van der Waals surface area contributed by atoms with Gasteiger partial charge in [0, 0.05) is 5.56 Å². The van der Waals surface area contributed by atoms with Crippen LogP contribution < -0.4 is 10.1 Å². The van der Waals surface area contributed by atoms with Crippen LogP contribution in [0.4, 0.5) is 14.6 Å². The lowest BCUT2D eigenvalue weighted by molar-refractivity contribution is -0.0500. The molecule has 0 saturated heterocycles. The van der Waals surface area contributed by atoms with Gasteiger partial charge in [-0.05, 0) is 32.9 Å². The molecule has 0 bridgehead atoms. The molecule has 1 N–H and O–H groups in total. The molecule has 0 spiro atoms. The number of ether oxygens (including phenoxy) is 1. The number of alkyl halides is 2. The lowest BCUT2D eigenvalue weighted by atomic mass is 10.1. The summed E-state index contributed by atoms with van der Waals surface area (Å²) >= 11 is 0. The van der Waals surface area contributed by atoms with Gasteiger partial charge in [0.05, 0.1) is 17.9 Å². The first-order chi connectivity index (χ1) is 9.47. The first-order valence-electron chi connectivity index (χ1n) is 6.07. The number of hydrogen-bond acceptors (Lipinski definition) is 5. The predicted molar refractivity (Wildman–Crippen MR) is 68.9 cm³/mol. The molecule has 0 aliphatic heterocycles. The molecule has 20 heavy (non-hydrogen) atoms. The van der Waals surface area contributed by atoms with Gasteiger partial charge in [0.1, 0.15) is 17.3 Å². The molecule has 0 unspecified atom stereocenters. The summed E-state index contributed by atoms with van der Waals surface area (Å²) in [5, 5.41) is 7.04. The van der Waals surface area contributed by atoms with Crippen molar-refractivity contribution >= 4 is 5.82 Å². The first-order valence-corrected chi connectivity index (χ1v) is 6.07. The fourth-order valence-electron chi connectivity index (χ4n) is 2.04. The Morgan fingerprint density at radius 2 is 2.05 bits per heavy atom. The summed E-state index contributed by atoms with van der Waals surface area (Å²) < 4.78 is 33.4. The van der Waals surface area contributed by atoms with Crippen molar-refractivity contribution in [2.45, 2.75) is 33.4 Å². The van der Waals surface area contributed by atoms with Crippen molar-refractivity contribution in [2.75, 3.05) is 5.32 Å². The molecule has 5 nitrogen and oxygen atoms in total. The van der Waals surface area contributed by atoms with Gasteiger partial charge in [-0.15, -0.1) is 0 Å². The van der Waals surface area contributed by atoms with E-state index in [2.05, 4.69) is 20.2 Å². The molecule has 7 heteroatoms. The second-order valence-corrected chi connectivity index (χ2v) is 4.36. The second-order valence-electron chi connectivity index (χ2n) is 4.36. The van der Waals surface area contributed by atoms with E-state index in [1.165, 1.54) is 12.3 Å². The third kappa shape index (κ3) is 3.23. The van der Waals surface area contributed by atoms with Gasteiger partial charge in [-0.3, -0.25) is 0 Å². The third-order valence-electron chi connectivity index (χ3n) is 2.85. The van der Waals surface area contributed by atoms with Crippen LogP contribution in [0.15, 0.2) is 22.9 Å². The van der Waals surface area contributed by atoms with Gasteiger partial charge in [-0.1, -0.05) is 5.16 Å². The standard InChI is InChI=1S/C13H15F2N3O2/c1-7(12-8(2)18-20-9(12)3)17-11-5-4-10(6-16-11)19-13(14)15/h4-7,13H,1-3H3,(H,16,17)/t7-/m1/s1. The van der Waals surface area contributed by atoms with Crippen molar-refractivity contribution in [2.24, 2.45) is 0 Å². The van der Waals surface area contributed by atoms with Crippen molar-refractivity contribution in [3.8, 4) is 5.75 Å². The minimum absolute atomic E-state index is 0.0236. The molecule has 2 rings (SSSR count). The molecule has 0 amide bonds. The Kier molecular flexibility index (Phi) is 4.16. The van der Waals surface area contributed by atoms with Gasteiger partial charge >= 0.3 is 6.61 Å². The quantitative estimate of drug-likeness (QED) is 0.910. The van der Waals surface area contributed by atoms with E-state index in [0.717, 1.165) is 17.0 Å². The van der Waals surface area contributed by atoms with Crippen LogP contribution in [-0.2, 0) is 0 Å². The van der Waals surface area contributed by atoms with Crippen LogP contribution >= 0.6 is 0 Å². The van der Waals surface area contributed by atoms with Gasteiger partial charge in [0.2, 0.25) is 0 Å². The molecule has 0 aliphatic carbocycles. The highest BCUT2D eigenvalue weighted by atomic mass is 19.3. The van der Waals surface area contributed by atoms with Gasteiger partial charge in [0.25, 0.3) is 0 Å². The molecule has 2 heterocycles. The van der Waals surface area contributed by atoms with Crippen LogP contribution in [0.5, 0.6) is 5.75 Å². The zero-order chi connectivity index (χ0) is 14.7. The number of rotatable bonds is 5. The van der Waals surface area contributed by atoms with Gasteiger partial charge in [-0.2, -0.15) is 8.78 Å². The molecule has 0 aliphatic rings. The van der Waals surface area contributed by atoms with Crippen molar-refractivity contribution in [1.29, 1.82) is 0 Å². The summed E-state index contributed by atoms with van der Waals surface area (Å²) in [6, 6.07) is 2.95. The second kappa shape index (κ2) is 5.85. The number of hydrogen-bond donors (Lipinski definition) is 1. The van der Waals surface area contributed by atoms with Crippen LogP contribution in [0.2, 0.25) is 0 Å². The normalized spacial score (nSPS) is 12.5. The zero-order valence-corrected chi connectivity index (χ0v) is 11.4. The number of aromatic nitrogens is 2. The summed E-state index contributed by atoms with van der Waals surface area (Å²) in [4.78, 5) is 4.02. The Hall–Kier alpha value is -2.18. The maximum Gasteiger partial charge on any atom is 0.387 e. The first kappa shape index (κ1) is 14.2. The topological polar surface area (TPSA) is 60.2 Å². The van der Waals surface area contributed by atoms with Crippen LogP contribution in [0, 0.1) is 13.8 Å². The maximum atomic E-state index is 12.0. The summed E-state index contributed by atoms with van der Waals surface area (Å²) in [7, 11) is 0. The minimum Gasteiger partial charge on any atom is -0.433 e. The van der Waals surface area contributed by atoms with Gasteiger partial charge in [-0.25, -0.2) is 4.98 Å². The summed E-state index contributed by atoms with van der Waals surface area (Å²) in [5.41, 5.74) is 1.76. The van der Waals surface area contributed by atoms with Crippen molar-refractivity contribution in [1.82, 2.24) is 10.1 Å². The van der Waals surface area contributed by atoms with Crippen LogP contribution in [0.3, 0.4) is 0 Å². The third-order valence-corrected chi connectivity index (χ3v) is 2.85. The highest BCUT2D eigenvalue weighted by molar-refractivity contribution is 5.41. The maximum absolute atomic E-state index is 12.0. The number of aryl methyl sites for hydroxylation is 2. The highest BCUT2D eigenvalue weighted by Crippen LogP contribution is 2.24. The number of pyridine rings is 1. The van der Waals surface area contributed by atoms with Crippen molar-refractivity contribution in [3.63, 3.8) is 0 Å². The Morgan fingerprint density at radius 3 is 2.55 bits per heavy atom. The Balaban J connectivity index is 2.06. The van der Waals surface area contributed by atoms with E-state index in [1.807, 2.05) is 20.8 Å². The zero-order valence-electron chi connectivity index (χ0n) is 11.4. The molecule has 2 aromatic heterocycles. The van der Waals surface area contributed by atoms with Crippen molar-refractivity contribution in [3.05, 3.63) is 35.3 Å². The van der Waals surface area contributed by atoms with Gasteiger partial charge in [0.15, 0.2) is 0 Å². The monoisotopic (exact) mass is 283 g/mol. The lowest BCUT2D eigenvalue weighted by Crippen LogP contribution is -2.09. The van der Waals surface area contributed by atoms with E-state index in [9.17, 15) is 8.78 Å². The van der Waals surface area contributed by atoms with Crippen molar-refractivity contribution < 1.29 is 18.0 Å². The number of nitrogens with one attached hydrogen (secondary N) is 1. The van der Waals surface area contributed by atoms with E-state index in [-0.39, 0.29) is 11.8 Å². The molecule has 0 aromatic carbocycles.